The van der Waals surface area contributed by atoms with E-state index in [2.05, 4.69) is 5.32 Å². The van der Waals surface area contributed by atoms with Crippen molar-refractivity contribution in [3.8, 4) is 0 Å². The zero-order valence-electron chi connectivity index (χ0n) is 17.7. The second-order valence-electron chi connectivity index (χ2n) is 7.89. The maximum atomic E-state index is 13.3. The SMILES string of the molecule is Cc1ccccc1S(=O)(=O)N(CCCN1CCCC1=O)CCC(=O)N1CCNCC1. The summed E-state index contributed by atoms with van der Waals surface area (Å²) in [7, 11) is -3.72. The van der Waals surface area contributed by atoms with Gasteiger partial charge >= 0.3 is 0 Å². The first-order valence-corrected chi connectivity index (χ1v) is 12.2. The van der Waals surface area contributed by atoms with Crippen LogP contribution in [0.4, 0.5) is 0 Å². The molecule has 3 rings (SSSR count). The fourth-order valence-corrected chi connectivity index (χ4v) is 5.71. The second kappa shape index (κ2) is 10.4. The molecule has 30 heavy (non-hydrogen) atoms. The first-order chi connectivity index (χ1) is 14.4. The largest absolute Gasteiger partial charge is 0.343 e. The predicted molar refractivity (Wildman–Crippen MR) is 114 cm³/mol. The number of piperazine rings is 1. The van der Waals surface area contributed by atoms with Gasteiger partial charge in [0.15, 0.2) is 0 Å². The van der Waals surface area contributed by atoms with Crippen LogP contribution in [-0.2, 0) is 19.6 Å². The molecule has 0 spiro atoms. The number of hydrogen-bond acceptors (Lipinski definition) is 5. The van der Waals surface area contributed by atoms with Crippen molar-refractivity contribution in [1.82, 2.24) is 19.4 Å². The number of sulfonamides is 1. The Morgan fingerprint density at radius 1 is 1.13 bits per heavy atom. The molecule has 2 aliphatic heterocycles. The van der Waals surface area contributed by atoms with Gasteiger partial charge in [-0.3, -0.25) is 9.59 Å². The molecule has 2 aliphatic rings. The van der Waals surface area contributed by atoms with Crippen LogP contribution >= 0.6 is 0 Å². The maximum Gasteiger partial charge on any atom is 0.243 e. The van der Waals surface area contributed by atoms with Crippen LogP contribution in [-0.4, -0.2) is 86.7 Å². The molecule has 1 aromatic rings. The molecule has 0 atom stereocenters. The molecule has 0 unspecified atom stereocenters. The number of likely N-dealkylation sites (tertiary alicyclic amines) is 1. The van der Waals surface area contributed by atoms with E-state index in [9.17, 15) is 18.0 Å². The van der Waals surface area contributed by atoms with E-state index in [0.717, 1.165) is 26.1 Å². The van der Waals surface area contributed by atoms with Gasteiger partial charge in [-0.2, -0.15) is 4.31 Å². The number of amides is 2. The van der Waals surface area contributed by atoms with Crippen molar-refractivity contribution >= 4 is 21.8 Å². The number of carbonyl (C=O) groups is 2. The van der Waals surface area contributed by atoms with Crippen LogP contribution in [0, 0.1) is 6.92 Å². The number of rotatable bonds is 9. The lowest BCUT2D eigenvalue weighted by Gasteiger charge is -2.29. The molecule has 0 saturated carbocycles. The predicted octanol–water partition coefficient (Wildman–Crippen LogP) is 0.820. The van der Waals surface area contributed by atoms with E-state index in [1.807, 2.05) is 6.07 Å². The molecule has 1 N–H and O–H groups in total. The number of aryl methyl sites for hydroxylation is 1. The van der Waals surface area contributed by atoms with Gasteiger partial charge in [-0.15, -0.1) is 0 Å². The van der Waals surface area contributed by atoms with Gasteiger partial charge in [-0.25, -0.2) is 8.42 Å². The monoisotopic (exact) mass is 436 g/mol. The third-order valence-electron chi connectivity index (χ3n) is 5.76. The fourth-order valence-electron chi connectivity index (χ4n) is 4.01. The van der Waals surface area contributed by atoms with E-state index in [1.54, 1.807) is 34.9 Å². The molecule has 8 nitrogen and oxygen atoms in total. The smallest absolute Gasteiger partial charge is 0.243 e. The quantitative estimate of drug-likeness (QED) is 0.619. The summed E-state index contributed by atoms with van der Waals surface area (Å²) < 4.78 is 28.1. The molecular formula is C21H32N4O4S. The highest BCUT2D eigenvalue weighted by Gasteiger charge is 2.28. The Labute approximate surface area is 179 Å². The molecule has 0 bridgehead atoms. The van der Waals surface area contributed by atoms with Crippen molar-refractivity contribution < 1.29 is 18.0 Å². The van der Waals surface area contributed by atoms with Crippen LogP contribution in [0.3, 0.4) is 0 Å². The minimum absolute atomic E-state index is 0.0174. The highest BCUT2D eigenvalue weighted by atomic mass is 32.2. The van der Waals surface area contributed by atoms with Gasteiger partial charge in [0.25, 0.3) is 0 Å². The van der Waals surface area contributed by atoms with Gasteiger partial charge in [-0.05, 0) is 31.4 Å². The number of nitrogens with zero attached hydrogens (tertiary/aromatic N) is 3. The minimum Gasteiger partial charge on any atom is -0.343 e. The number of benzene rings is 1. The zero-order chi connectivity index (χ0) is 21.6. The average molecular weight is 437 g/mol. The fraction of sp³-hybridized carbons (Fsp3) is 0.619. The Kier molecular flexibility index (Phi) is 7.85. The third-order valence-corrected chi connectivity index (χ3v) is 7.82. The van der Waals surface area contributed by atoms with Crippen LogP contribution in [0.5, 0.6) is 0 Å². The molecule has 0 radical (unpaired) electrons. The summed E-state index contributed by atoms with van der Waals surface area (Å²) >= 11 is 0. The topological polar surface area (TPSA) is 90.0 Å². The third kappa shape index (κ3) is 5.59. The molecule has 2 fully saturated rings. The maximum absolute atomic E-state index is 13.3. The van der Waals surface area contributed by atoms with Crippen molar-refractivity contribution in [3.05, 3.63) is 29.8 Å². The molecule has 2 amide bonds. The molecule has 166 valence electrons. The number of hydrogen-bond donors (Lipinski definition) is 1. The van der Waals surface area contributed by atoms with Crippen LogP contribution in [0.15, 0.2) is 29.2 Å². The van der Waals surface area contributed by atoms with Gasteiger partial charge in [0.05, 0.1) is 4.90 Å². The molecular weight excluding hydrogens is 404 g/mol. The highest BCUT2D eigenvalue weighted by Crippen LogP contribution is 2.21. The van der Waals surface area contributed by atoms with Crippen molar-refractivity contribution in [1.29, 1.82) is 0 Å². The number of carbonyl (C=O) groups excluding carboxylic acids is 2. The normalized spacial score (nSPS) is 17.7. The molecule has 0 aliphatic carbocycles. The van der Waals surface area contributed by atoms with Crippen molar-refractivity contribution in [2.24, 2.45) is 0 Å². The summed E-state index contributed by atoms with van der Waals surface area (Å²) in [6, 6.07) is 6.91. The lowest BCUT2D eigenvalue weighted by Crippen LogP contribution is -2.47. The van der Waals surface area contributed by atoms with Gasteiger partial charge < -0.3 is 15.1 Å². The first-order valence-electron chi connectivity index (χ1n) is 10.7. The van der Waals surface area contributed by atoms with Gasteiger partial charge in [0.2, 0.25) is 21.8 Å². The van der Waals surface area contributed by atoms with Gasteiger partial charge in [0, 0.05) is 65.2 Å². The van der Waals surface area contributed by atoms with E-state index in [4.69, 9.17) is 0 Å². The molecule has 2 saturated heterocycles. The first kappa shape index (κ1) is 22.7. The van der Waals surface area contributed by atoms with Crippen LogP contribution in [0.25, 0.3) is 0 Å². The summed E-state index contributed by atoms with van der Waals surface area (Å²) in [6.07, 6.45) is 2.15. The lowest BCUT2D eigenvalue weighted by atomic mass is 10.2. The Bertz CT molecular complexity index is 852. The van der Waals surface area contributed by atoms with E-state index in [1.165, 1.54) is 4.31 Å². The Balaban J connectivity index is 1.68. The Morgan fingerprint density at radius 2 is 1.87 bits per heavy atom. The average Bonchev–Trinajstić information content (AvgIpc) is 3.15. The summed E-state index contributed by atoms with van der Waals surface area (Å²) in [5.74, 6) is 0.119. The van der Waals surface area contributed by atoms with Crippen molar-refractivity contribution in [3.63, 3.8) is 0 Å². The van der Waals surface area contributed by atoms with Crippen LogP contribution in [0.2, 0.25) is 0 Å². The van der Waals surface area contributed by atoms with E-state index in [-0.39, 0.29) is 36.2 Å². The minimum atomic E-state index is -3.72. The van der Waals surface area contributed by atoms with E-state index in [0.29, 0.717) is 38.0 Å². The Hall–Kier alpha value is -1.97. The summed E-state index contributed by atoms with van der Waals surface area (Å²) in [6.45, 7) is 6.33. The van der Waals surface area contributed by atoms with Crippen molar-refractivity contribution in [2.45, 2.75) is 37.5 Å². The standard InChI is InChI=1S/C21H32N4O4S/c1-18-6-2-3-7-19(18)30(28,29)25(14-5-13-23-12-4-8-20(23)26)15-9-21(27)24-16-10-22-11-17-24/h2-3,6-7,22H,4-5,8-17H2,1H3. The molecule has 2 heterocycles. The van der Waals surface area contributed by atoms with E-state index >= 15 is 0 Å². The lowest BCUT2D eigenvalue weighted by molar-refractivity contribution is -0.131. The molecule has 0 aromatic heterocycles. The zero-order valence-corrected chi connectivity index (χ0v) is 18.5. The number of nitrogens with one attached hydrogen (secondary N) is 1. The molecule has 1 aromatic carbocycles. The van der Waals surface area contributed by atoms with Crippen molar-refractivity contribution in [2.75, 3.05) is 52.4 Å². The second-order valence-corrected chi connectivity index (χ2v) is 9.79. The highest BCUT2D eigenvalue weighted by molar-refractivity contribution is 7.89. The Morgan fingerprint density at radius 3 is 2.53 bits per heavy atom. The van der Waals surface area contributed by atoms with Crippen LogP contribution < -0.4 is 5.32 Å². The van der Waals surface area contributed by atoms with E-state index < -0.39 is 10.0 Å². The van der Waals surface area contributed by atoms with Gasteiger partial charge in [-0.1, -0.05) is 18.2 Å². The molecule has 9 heteroatoms. The summed E-state index contributed by atoms with van der Waals surface area (Å²) in [4.78, 5) is 28.3. The van der Waals surface area contributed by atoms with Gasteiger partial charge in [0.1, 0.15) is 0 Å². The summed E-state index contributed by atoms with van der Waals surface area (Å²) in [5.41, 5.74) is 0.686. The van der Waals surface area contributed by atoms with Crippen LogP contribution in [0.1, 0.15) is 31.2 Å². The summed E-state index contributed by atoms with van der Waals surface area (Å²) in [5, 5.41) is 3.21.